The Bertz CT molecular complexity index is 354. The summed E-state index contributed by atoms with van der Waals surface area (Å²) in [6, 6.07) is 0. The third-order valence-corrected chi connectivity index (χ3v) is 5.54. The van der Waals surface area contributed by atoms with Crippen LogP contribution in [0.25, 0.3) is 0 Å². The van der Waals surface area contributed by atoms with Gasteiger partial charge in [-0.3, -0.25) is 4.79 Å². The summed E-state index contributed by atoms with van der Waals surface area (Å²) in [7, 11) is 0. The molecule has 1 atom stereocenters. The molecule has 0 aromatic heterocycles. The summed E-state index contributed by atoms with van der Waals surface area (Å²) in [5.74, 6) is 1.41. The number of nitrogens with one attached hydrogen (secondary N) is 2. The van der Waals surface area contributed by atoms with Gasteiger partial charge in [0.15, 0.2) is 0 Å². The average Bonchev–Trinajstić information content (AvgIpc) is 3.26. The van der Waals surface area contributed by atoms with Gasteiger partial charge in [-0.2, -0.15) is 0 Å². The standard InChI is InChI=1S/C16H28N2O/c1-12(2)9-15(3-4-15)11-18-14(19)13-10-16(13)5-7-17-8-6-16/h12-13,17H,3-11H2,1-2H3,(H,18,19). The number of hydrogen-bond acceptors (Lipinski definition) is 2. The topological polar surface area (TPSA) is 41.1 Å². The van der Waals surface area contributed by atoms with Crippen LogP contribution in [-0.2, 0) is 4.79 Å². The molecule has 108 valence electrons. The largest absolute Gasteiger partial charge is 0.355 e. The first kappa shape index (κ1) is 13.4. The van der Waals surface area contributed by atoms with E-state index in [2.05, 4.69) is 24.5 Å². The summed E-state index contributed by atoms with van der Waals surface area (Å²) in [5, 5.41) is 6.66. The van der Waals surface area contributed by atoms with E-state index in [1.54, 1.807) is 0 Å². The van der Waals surface area contributed by atoms with E-state index >= 15 is 0 Å². The minimum Gasteiger partial charge on any atom is -0.355 e. The molecule has 1 saturated heterocycles. The Kier molecular flexibility index (Phi) is 3.36. The van der Waals surface area contributed by atoms with Gasteiger partial charge in [-0.15, -0.1) is 0 Å². The lowest BCUT2D eigenvalue weighted by atomic mass is 9.91. The predicted molar refractivity (Wildman–Crippen MR) is 76.8 cm³/mol. The first-order chi connectivity index (χ1) is 9.05. The maximum Gasteiger partial charge on any atom is 0.223 e. The van der Waals surface area contributed by atoms with Gasteiger partial charge < -0.3 is 10.6 Å². The van der Waals surface area contributed by atoms with Crippen molar-refractivity contribution in [2.24, 2.45) is 22.7 Å². The fraction of sp³-hybridized carbons (Fsp3) is 0.938. The van der Waals surface area contributed by atoms with E-state index in [4.69, 9.17) is 0 Å². The van der Waals surface area contributed by atoms with Gasteiger partial charge in [-0.25, -0.2) is 0 Å². The number of carbonyl (C=O) groups excluding carboxylic acids is 1. The van der Waals surface area contributed by atoms with Crippen molar-refractivity contribution in [3.8, 4) is 0 Å². The molecule has 3 fully saturated rings. The van der Waals surface area contributed by atoms with Crippen molar-refractivity contribution in [3.05, 3.63) is 0 Å². The fourth-order valence-corrected chi connectivity index (χ4v) is 4.09. The van der Waals surface area contributed by atoms with Crippen LogP contribution in [0, 0.1) is 22.7 Å². The lowest BCUT2D eigenvalue weighted by Gasteiger charge is -2.24. The van der Waals surface area contributed by atoms with Gasteiger partial charge in [-0.05, 0) is 68.4 Å². The zero-order valence-corrected chi connectivity index (χ0v) is 12.4. The van der Waals surface area contributed by atoms with Crippen LogP contribution in [0.1, 0.15) is 52.4 Å². The van der Waals surface area contributed by atoms with Crippen LogP contribution in [0.4, 0.5) is 0 Å². The second-order valence-electron chi connectivity index (χ2n) is 7.68. The highest BCUT2D eigenvalue weighted by atomic mass is 16.2. The van der Waals surface area contributed by atoms with Gasteiger partial charge in [0.25, 0.3) is 0 Å². The third-order valence-electron chi connectivity index (χ3n) is 5.54. The van der Waals surface area contributed by atoms with Gasteiger partial charge >= 0.3 is 0 Å². The molecule has 2 aliphatic carbocycles. The Morgan fingerprint density at radius 2 is 1.95 bits per heavy atom. The molecule has 2 saturated carbocycles. The Hall–Kier alpha value is -0.570. The van der Waals surface area contributed by atoms with Gasteiger partial charge in [0, 0.05) is 12.5 Å². The monoisotopic (exact) mass is 264 g/mol. The minimum atomic E-state index is 0.324. The smallest absolute Gasteiger partial charge is 0.223 e. The quantitative estimate of drug-likeness (QED) is 0.800. The van der Waals surface area contributed by atoms with Crippen LogP contribution < -0.4 is 10.6 Å². The van der Waals surface area contributed by atoms with Crippen LogP contribution in [0.2, 0.25) is 0 Å². The summed E-state index contributed by atoms with van der Waals surface area (Å²) >= 11 is 0. The van der Waals surface area contributed by atoms with Crippen LogP contribution in [0.15, 0.2) is 0 Å². The van der Waals surface area contributed by atoms with Crippen LogP contribution >= 0.6 is 0 Å². The van der Waals surface area contributed by atoms with E-state index in [0.29, 0.717) is 22.7 Å². The molecule has 1 aliphatic heterocycles. The molecule has 1 heterocycles. The Labute approximate surface area is 116 Å². The number of carbonyl (C=O) groups is 1. The summed E-state index contributed by atoms with van der Waals surface area (Å²) < 4.78 is 0. The van der Waals surface area contributed by atoms with E-state index in [1.807, 2.05) is 0 Å². The van der Waals surface area contributed by atoms with Crippen molar-refractivity contribution in [1.29, 1.82) is 0 Å². The number of piperidine rings is 1. The summed E-state index contributed by atoms with van der Waals surface area (Å²) in [4.78, 5) is 12.3. The van der Waals surface area contributed by atoms with Crippen LogP contribution in [0.5, 0.6) is 0 Å². The maximum absolute atomic E-state index is 12.3. The molecule has 1 spiro atoms. The number of amides is 1. The molecule has 3 aliphatic rings. The molecule has 19 heavy (non-hydrogen) atoms. The SMILES string of the molecule is CC(C)CC1(CNC(=O)C2CC23CCNCC3)CC1. The molecular formula is C16H28N2O. The second-order valence-corrected chi connectivity index (χ2v) is 7.68. The summed E-state index contributed by atoms with van der Waals surface area (Å²) in [6.45, 7) is 7.69. The minimum absolute atomic E-state index is 0.324. The summed E-state index contributed by atoms with van der Waals surface area (Å²) in [5.41, 5.74) is 0.837. The van der Waals surface area contributed by atoms with Gasteiger partial charge in [0.05, 0.1) is 0 Å². The number of hydrogen-bond donors (Lipinski definition) is 2. The van der Waals surface area contributed by atoms with Crippen molar-refractivity contribution in [2.45, 2.75) is 52.4 Å². The summed E-state index contributed by atoms with van der Waals surface area (Å²) in [6.07, 6.45) is 7.42. The molecule has 3 rings (SSSR count). The second kappa shape index (κ2) is 4.76. The molecule has 3 nitrogen and oxygen atoms in total. The molecule has 1 amide bonds. The predicted octanol–water partition coefficient (Wildman–Crippen LogP) is 2.32. The Morgan fingerprint density at radius 1 is 1.26 bits per heavy atom. The van der Waals surface area contributed by atoms with Gasteiger partial charge in [0.1, 0.15) is 0 Å². The molecule has 1 unspecified atom stereocenters. The normalized spacial score (nSPS) is 30.4. The number of rotatable bonds is 5. The third kappa shape index (κ3) is 2.81. The highest BCUT2D eigenvalue weighted by molar-refractivity contribution is 5.82. The molecule has 2 N–H and O–H groups in total. The zero-order valence-electron chi connectivity index (χ0n) is 12.4. The first-order valence-electron chi connectivity index (χ1n) is 8.04. The van der Waals surface area contributed by atoms with E-state index in [0.717, 1.165) is 32.0 Å². The lowest BCUT2D eigenvalue weighted by Crippen LogP contribution is -2.36. The van der Waals surface area contributed by atoms with E-state index in [1.165, 1.54) is 32.1 Å². The van der Waals surface area contributed by atoms with Crippen LogP contribution in [0.3, 0.4) is 0 Å². The van der Waals surface area contributed by atoms with Gasteiger partial charge in [-0.1, -0.05) is 13.8 Å². The van der Waals surface area contributed by atoms with Crippen LogP contribution in [-0.4, -0.2) is 25.5 Å². The molecule has 0 bridgehead atoms. The van der Waals surface area contributed by atoms with Crippen molar-refractivity contribution < 1.29 is 4.79 Å². The first-order valence-corrected chi connectivity index (χ1v) is 8.04. The molecule has 0 aromatic rings. The highest BCUT2D eigenvalue weighted by Gasteiger charge is 2.57. The molecule has 0 aromatic carbocycles. The Morgan fingerprint density at radius 3 is 2.53 bits per heavy atom. The van der Waals surface area contributed by atoms with Crippen molar-refractivity contribution in [2.75, 3.05) is 19.6 Å². The molecule has 3 heteroatoms. The van der Waals surface area contributed by atoms with E-state index in [-0.39, 0.29) is 0 Å². The maximum atomic E-state index is 12.3. The molecule has 0 radical (unpaired) electrons. The molecular weight excluding hydrogens is 236 g/mol. The van der Waals surface area contributed by atoms with Crippen molar-refractivity contribution in [3.63, 3.8) is 0 Å². The van der Waals surface area contributed by atoms with Crippen molar-refractivity contribution >= 4 is 5.91 Å². The van der Waals surface area contributed by atoms with E-state index < -0.39 is 0 Å². The lowest BCUT2D eigenvalue weighted by molar-refractivity contribution is -0.123. The zero-order chi connectivity index (χ0) is 13.5. The van der Waals surface area contributed by atoms with E-state index in [9.17, 15) is 4.79 Å². The Balaban J connectivity index is 1.45. The fourth-order valence-electron chi connectivity index (χ4n) is 4.09. The average molecular weight is 264 g/mol. The highest BCUT2D eigenvalue weighted by Crippen LogP contribution is 2.58. The van der Waals surface area contributed by atoms with Crippen molar-refractivity contribution in [1.82, 2.24) is 10.6 Å². The van der Waals surface area contributed by atoms with Gasteiger partial charge in [0.2, 0.25) is 5.91 Å².